The van der Waals surface area contributed by atoms with Gasteiger partial charge in [0, 0.05) is 13.2 Å². The highest BCUT2D eigenvalue weighted by molar-refractivity contribution is 5.93. The van der Waals surface area contributed by atoms with E-state index in [1.807, 2.05) is 13.8 Å². The van der Waals surface area contributed by atoms with Gasteiger partial charge in [-0.15, -0.1) is 0 Å². The second-order valence-corrected chi connectivity index (χ2v) is 6.63. The highest BCUT2D eigenvalue weighted by Crippen LogP contribution is 2.35. The first-order valence-corrected chi connectivity index (χ1v) is 8.76. The van der Waals surface area contributed by atoms with Gasteiger partial charge in [-0.05, 0) is 32.0 Å². The van der Waals surface area contributed by atoms with Crippen molar-refractivity contribution in [2.45, 2.75) is 26.1 Å². The second-order valence-electron chi connectivity index (χ2n) is 6.63. The lowest BCUT2D eigenvalue weighted by Crippen LogP contribution is -3.11. The van der Waals surface area contributed by atoms with Crippen LogP contribution in [0.3, 0.4) is 0 Å². The van der Waals surface area contributed by atoms with Crippen LogP contribution in [0.25, 0.3) is 0 Å². The SMILES string of the molecule is COCCOc1ccc(C(F)(F)F)cc1NC(=O)C[NH+](C)CC(=O)NC(C)C. The number of likely N-dealkylation sites (N-methyl/N-ethyl adjacent to an activating group) is 1. The molecule has 0 aliphatic carbocycles. The molecule has 0 saturated carbocycles. The number of benzene rings is 1. The van der Waals surface area contributed by atoms with E-state index >= 15 is 0 Å². The first-order chi connectivity index (χ1) is 13.0. The molecule has 0 aliphatic rings. The van der Waals surface area contributed by atoms with Gasteiger partial charge in [-0.2, -0.15) is 13.2 Å². The topological polar surface area (TPSA) is 81.1 Å². The number of amides is 2. The zero-order valence-electron chi connectivity index (χ0n) is 16.4. The number of hydrogen-bond acceptors (Lipinski definition) is 4. The molecular weight excluding hydrogens is 379 g/mol. The highest BCUT2D eigenvalue weighted by Gasteiger charge is 2.31. The summed E-state index contributed by atoms with van der Waals surface area (Å²) in [4.78, 5) is 24.6. The Morgan fingerprint density at radius 2 is 1.79 bits per heavy atom. The minimum atomic E-state index is -4.55. The smallest absolute Gasteiger partial charge is 0.416 e. The molecule has 158 valence electrons. The Labute approximate surface area is 162 Å². The lowest BCUT2D eigenvalue weighted by Gasteiger charge is -2.17. The fourth-order valence-corrected chi connectivity index (χ4v) is 2.34. The molecule has 1 aromatic carbocycles. The van der Waals surface area contributed by atoms with Gasteiger partial charge in [-0.3, -0.25) is 9.59 Å². The first kappa shape index (κ1) is 23.7. The van der Waals surface area contributed by atoms with Crippen molar-refractivity contribution in [2.75, 3.05) is 45.8 Å². The Balaban J connectivity index is 2.82. The van der Waals surface area contributed by atoms with E-state index in [1.54, 1.807) is 7.05 Å². The van der Waals surface area contributed by atoms with Gasteiger partial charge in [-0.1, -0.05) is 0 Å². The number of anilines is 1. The van der Waals surface area contributed by atoms with Crippen LogP contribution in [0.2, 0.25) is 0 Å². The molecule has 2 amide bonds. The van der Waals surface area contributed by atoms with Gasteiger partial charge in [0.25, 0.3) is 11.8 Å². The van der Waals surface area contributed by atoms with Gasteiger partial charge in [-0.25, -0.2) is 0 Å². The Morgan fingerprint density at radius 3 is 2.36 bits per heavy atom. The van der Waals surface area contributed by atoms with Crippen molar-refractivity contribution < 1.29 is 37.1 Å². The van der Waals surface area contributed by atoms with Crippen LogP contribution in [0.5, 0.6) is 5.75 Å². The summed E-state index contributed by atoms with van der Waals surface area (Å²) in [5.74, 6) is -0.651. The average Bonchev–Trinajstić information content (AvgIpc) is 2.54. The number of rotatable bonds is 10. The number of ether oxygens (including phenoxy) is 2. The van der Waals surface area contributed by atoms with Gasteiger partial charge >= 0.3 is 6.18 Å². The number of carbonyl (C=O) groups is 2. The Bertz CT molecular complexity index is 666. The molecule has 0 saturated heterocycles. The Morgan fingerprint density at radius 1 is 1.14 bits per heavy atom. The van der Waals surface area contributed by atoms with Crippen LogP contribution in [-0.2, 0) is 20.5 Å². The maximum absolute atomic E-state index is 13.0. The molecule has 0 aliphatic heterocycles. The zero-order valence-corrected chi connectivity index (χ0v) is 16.4. The van der Waals surface area contributed by atoms with Gasteiger partial charge in [0.15, 0.2) is 13.1 Å². The molecule has 1 atom stereocenters. The van der Waals surface area contributed by atoms with E-state index in [2.05, 4.69) is 10.6 Å². The minimum Gasteiger partial charge on any atom is -0.489 e. The fraction of sp³-hybridized carbons (Fsp3) is 0.556. The molecule has 3 N–H and O–H groups in total. The molecule has 28 heavy (non-hydrogen) atoms. The van der Waals surface area contributed by atoms with Crippen LogP contribution >= 0.6 is 0 Å². The van der Waals surface area contributed by atoms with E-state index in [-0.39, 0.29) is 49.7 Å². The molecule has 0 fully saturated rings. The summed E-state index contributed by atoms with van der Waals surface area (Å²) in [6.45, 7) is 3.96. The summed E-state index contributed by atoms with van der Waals surface area (Å²) in [6, 6.07) is 2.83. The van der Waals surface area contributed by atoms with Crippen molar-refractivity contribution in [1.29, 1.82) is 0 Å². The quantitative estimate of drug-likeness (QED) is 0.500. The second kappa shape index (κ2) is 10.9. The summed E-state index contributed by atoms with van der Waals surface area (Å²) in [5, 5.41) is 5.15. The van der Waals surface area contributed by atoms with Crippen molar-refractivity contribution in [3.05, 3.63) is 23.8 Å². The predicted octanol–water partition coefficient (Wildman–Crippen LogP) is 0.708. The average molecular weight is 406 g/mol. The summed E-state index contributed by atoms with van der Waals surface area (Å²) in [5.41, 5.74) is -0.991. The normalized spacial score (nSPS) is 12.6. The number of carbonyl (C=O) groups excluding carboxylic acids is 2. The molecule has 0 bridgehead atoms. The molecule has 1 aromatic rings. The zero-order chi connectivity index (χ0) is 21.3. The summed E-state index contributed by atoms with van der Waals surface area (Å²) in [7, 11) is 3.11. The number of halogens is 3. The minimum absolute atomic E-state index is 0.0222. The van der Waals surface area contributed by atoms with Crippen LogP contribution in [0.1, 0.15) is 19.4 Å². The molecule has 0 spiro atoms. The van der Waals surface area contributed by atoms with Crippen molar-refractivity contribution >= 4 is 17.5 Å². The third-order valence-corrected chi connectivity index (χ3v) is 3.50. The van der Waals surface area contributed by atoms with Crippen molar-refractivity contribution in [3.63, 3.8) is 0 Å². The molecule has 0 radical (unpaired) electrons. The Hall–Kier alpha value is -2.33. The van der Waals surface area contributed by atoms with Crippen LogP contribution in [0.15, 0.2) is 18.2 Å². The van der Waals surface area contributed by atoms with E-state index in [1.165, 1.54) is 7.11 Å². The fourth-order valence-electron chi connectivity index (χ4n) is 2.34. The molecular formula is C18H27F3N3O4+. The van der Waals surface area contributed by atoms with E-state index in [4.69, 9.17) is 9.47 Å². The first-order valence-electron chi connectivity index (χ1n) is 8.76. The van der Waals surface area contributed by atoms with Crippen molar-refractivity contribution in [3.8, 4) is 5.75 Å². The van der Waals surface area contributed by atoms with Crippen LogP contribution < -0.4 is 20.3 Å². The maximum Gasteiger partial charge on any atom is 0.416 e. The lowest BCUT2D eigenvalue weighted by atomic mass is 10.1. The Kier molecular flexibility index (Phi) is 9.20. The number of hydrogen-bond donors (Lipinski definition) is 3. The summed E-state index contributed by atoms with van der Waals surface area (Å²) in [6.07, 6.45) is -4.55. The monoisotopic (exact) mass is 406 g/mol. The van der Waals surface area contributed by atoms with Crippen molar-refractivity contribution in [1.82, 2.24) is 5.32 Å². The van der Waals surface area contributed by atoms with Gasteiger partial charge in [0.1, 0.15) is 12.4 Å². The van der Waals surface area contributed by atoms with Crippen LogP contribution in [-0.4, -0.2) is 58.3 Å². The van der Waals surface area contributed by atoms with Gasteiger partial charge in [0.2, 0.25) is 0 Å². The van der Waals surface area contributed by atoms with Crippen LogP contribution in [0, 0.1) is 0 Å². The highest BCUT2D eigenvalue weighted by atomic mass is 19.4. The molecule has 7 nitrogen and oxygen atoms in total. The predicted molar refractivity (Wildman–Crippen MR) is 97.3 cm³/mol. The van der Waals surface area contributed by atoms with E-state index in [0.717, 1.165) is 18.2 Å². The molecule has 0 aromatic heterocycles. The summed E-state index contributed by atoms with van der Waals surface area (Å²) < 4.78 is 49.2. The molecule has 1 unspecified atom stereocenters. The van der Waals surface area contributed by atoms with Gasteiger partial charge in [0.05, 0.1) is 24.9 Å². The van der Waals surface area contributed by atoms with E-state index in [0.29, 0.717) is 4.90 Å². The third kappa shape index (κ3) is 8.57. The summed E-state index contributed by atoms with van der Waals surface area (Å²) >= 11 is 0. The molecule has 0 heterocycles. The molecule has 10 heteroatoms. The number of alkyl halides is 3. The lowest BCUT2D eigenvalue weighted by molar-refractivity contribution is -0.862. The number of nitrogens with one attached hydrogen (secondary N) is 3. The molecule has 1 rings (SSSR count). The standard InChI is InChI=1S/C18H26F3N3O4/c1-12(2)22-16(25)10-24(3)11-17(26)23-14-9-13(18(19,20)21)5-6-15(14)28-8-7-27-4/h5-6,9,12H,7-8,10-11H2,1-4H3,(H,22,25)(H,23,26)/p+1. The number of methoxy groups -OCH3 is 1. The van der Waals surface area contributed by atoms with Crippen molar-refractivity contribution in [2.24, 2.45) is 0 Å². The number of quaternary nitrogens is 1. The van der Waals surface area contributed by atoms with E-state index in [9.17, 15) is 22.8 Å². The van der Waals surface area contributed by atoms with E-state index < -0.39 is 17.6 Å². The largest absolute Gasteiger partial charge is 0.489 e. The third-order valence-electron chi connectivity index (χ3n) is 3.50. The van der Waals surface area contributed by atoms with Gasteiger partial charge < -0.3 is 25.0 Å². The maximum atomic E-state index is 13.0. The van der Waals surface area contributed by atoms with Crippen LogP contribution in [0.4, 0.5) is 18.9 Å².